The van der Waals surface area contributed by atoms with Crippen molar-refractivity contribution in [2.75, 3.05) is 5.75 Å². The number of fused-ring (bicyclic) bond motifs is 1. The van der Waals surface area contributed by atoms with Crippen LogP contribution in [0.1, 0.15) is 18.9 Å². The first-order valence-electron chi connectivity index (χ1n) is 8.11. The maximum absolute atomic E-state index is 12.0. The van der Waals surface area contributed by atoms with Gasteiger partial charge in [-0.3, -0.25) is 4.79 Å². The Labute approximate surface area is 155 Å². The van der Waals surface area contributed by atoms with E-state index < -0.39 is 0 Å². The van der Waals surface area contributed by atoms with Gasteiger partial charge in [0.1, 0.15) is 0 Å². The summed E-state index contributed by atoms with van der Waals surface area (Å²) >= 11 is 3.05. The smallest absolute Gasteiger partial charge is 0.250 e. The van der Waals surface area contributed by atoms with Crippen molar-refractivity contribution in [1.29, 1.82) is 0 Å². The van der Waals surface area contributed by atoms with Gasteiger partial charge in [-0.2, -0.15) is 5.10 Å². The first-order chi connectivity index (χ1) is 12.2. The molecule has 3 aromatic rings. The van der Waals surface area contributed by atoms with Gasteiger partial charge in [0.2, 0.25) is 0 Å². The number of nitrogens with one attached hydrogen (secondary N) is 1. The fourth-order valence-corrected chi connectivity index (χ4v) is 4.15. The lowest BCUT2D eigenvalue weighted by Gasteiger charge is -2.05. The molecule has 3 rings (SSSR count). The van der Waals surface area contributed by atoms with Crippen LogP contribution in [0.2, 0.25) is 0 Å². The zero-order chi connectivity index (χ0) is 17.5. The molecule has 0 aliphatic heterocycles. The van der Waals surface area contributed by atoms with Gasteiger partial charge in [-0.25, -0.2) is 10.4 Å². The van der Waals surface area contributed by atoms with Crippen molar-refractivity contribution in [3.63, 3.8) is 0 Å². The summed E-state index contributed by atoms with van der Waals surface area (Å²) in [4.78, 5) is 16.6. The monoisotopic (exact) mass is 369 g/mol. The number of nitrogens with zero attached hydrogens (tertiary/aromatic N) is 2. The highest BCUT2D eigenvalue weighted by Crippen LogP contribution is 2.28. The lowest BCUT2D eigenvalue weighted by atomic mass is 10.1. The summed E-state index contributed by atoms with van der Waals surface area (Å²) < 4.78 is 2.04. The molecule has 0 atom stereocenters. The van der Waals surface area contributed by atoms with E-state index in [1.165, 1.54) is 17.3 Å². The van der Waals surface area contributed by atoms with Crippen LogP contribution >= 0.6 is 23.1 Å². The van der Waals surface area contributed by atoms with Gasteiger partial charge in [0.25, 0.3) is 5.91 Å². The van der Waals surface area contributed by atoms with Gasteiger partial charge in [0, 0.05) is 12.1 Å². The number of rotatable bonds is 7. The molecule has 2 aromatic carbocycles. The Morgan fingerprint density at radius 1 is 1.16 bits per heavy atom. The highest BCUT2D eigenvalue weighted by molar-refractivity contribution is 8.01. The zero-order valence-corrected chi connectivity index (χ0v) is 15.6. The molecule has 0 saturated heterocycles. The number of aromatic nitrogens is 1. The normalized spacial score (nSPS) is 11.6. The molecule has 0 spiro atoms. The van der Waals surface area contributed by atoms with E-state index in [0.29, 0.717) is 5.75 Å². The number of benzene rings is 2. The summed E-state index contributed by atoms with van der Waals surface area (Å²) in [6, 6.07) is 18.1. The van der Waals surface area contributed by atoms with Crippen molar-refractivity contribution in [2.24, 2.45) is 5.10 Å². The number of para-hydroxylation sites is 1. The number of thiazole rings is 1. The SMILES string of the molecule is CC/C(Cc1ccccc1)=N\NC(=O)CSc1nc2ccccc2s1. The molecule has 1 aromatic heterocycles. The average Bonchev–Trinajstić information content (AvgIpc) is 3.07. The number of hydrogen-bond acceptors (Lipinski definition) is 5. The molecule has 0 fully saturated rings. The molecular weight excluding hydrogens is 350 g/mol. The number of amides is 1. The number of hydrazone groups is 1. The quantitative estimate of drug-likeness (QED) is 0.379. The highest BCUT2D eigenvalue weighted by Gasteiger charge is 2.07. The van der Waals surface area contributed by atoms with Gasteiger partial charge in [0.15, 0.2) is 4.34 Å². The summed E-state index contributed by atoms with van der Waals surface area (Å²) in [6.07, 6.45) is 1.56. The summed E-state index contributed by atoms with van der Waals surface area (Å²) in [5.74, 6) is 0.203. The maximum atomic E-state index is 12.0. The summed E-state index contributed by atoms with van der Waals surface area (Å²) in [7, 11) is 0. The fourth-order valence-electron chi connectivity index (χ4n) is 2.29. The summed E-state index contributed by atoms with van der Waals surface area (Å²) in [6.45, 7) is 2.05. The molecule has 0 unspecified atom stereocenters. The fraction of sp³-hybridized carbons (Fsp3) is 0.211. The van der Waals surface area contributed by atoms with Crippen molar-refractivity contribution in [3.05, 3.63) is 60.2 Å². The van der Waals surface area contributed by atoms with Gasteiger partial charge in [-0.1, -0.05) is 61.2 Å². The minimum absolute atomic E-state index is 0.108. The van der Waals surface area contributed by atoms with E-state index >= 15 is 0 Å². The first kappa shape index (κ1) is 17.6. The molecule has 1 N–H and O–H groups in total. The van der Waals surface area contributed by atoms with E-state index in [2.05, 4.69) is 27.6 Å². The average molecular weight is 370 g/mol. The molecule has 0 saturated carbocycles. The molecule has 1 amide bonds. The maximum Gasteiger partial charge on any atom is 0.250 e. The highest BCUT2D eigenvalue weighted by atomic mass is 32.2. The molecule has 0 radical (unpaired) electrons. The third-order valence-electron chi connectivity index (χ3n) is 3.60. The lowest BCUT2D eigenvalue weighted by Crippen LogP contribution is -2.22. The standard InChI is InChI=1S/C19H19N3OS2/c1-2-15(12-14-8-4-3-5-9-14)21-22-18(23)13-24-19-20-16-10-6-7-11-17(16)25-19/h3-11H,2,12-13H2,1H3,(H,22,23)/b21-15+. The number of hydrogen-bond donors (Lipinski definition) is 1. The Balaban J connectivity index is 1.52. The van der Waals surface area contributed by atoms with E-state index in [1.807, 2.05) is 49.4 Å². The molecule has 4 nitrogen and oxygen atoms in total. The van der Waals surface area contributed by atoms with Crippen LogP contribution in [0.5, 0.6) is 0 Å². The van der Waals surface area contributed by atoms with Gasteiger partial charge >= 0.3 is 0 Å². The van der Waals surface area contributed by atoms with Crippen LogP contribution in [0.15, 0.2) is 64.0 Å². The Kier molecular flexibility index (Phi) is 6.19. The van der Waals surface area contributed by atoms with E-state index in [-0.39, 0.29) is 5.91 Å². The number of thioether (sulfide) groups is 1. The van der Waals surface area contributed by atoms with Crippen LogP contribution in [0.4, 0.5) is 0 Å². The Hall–Kier alpha value is -2.18. The topological polar surface area (TPSA) is 54.4 Å². The molecule has 25 heavy (non-hydrogen) atoms. The second-order valence-electron chi connectivity index (χ2n) is 5.47. The van der Waals surface area contributed by atoms with Gasteiger partial charge in [-0.15, -0.1) is 11.3 Å². The van der Waals surface area contributed by atoms with Gasteiger partial charge < -0.3 is 0 Å². The molecular formula is C19H19N3OS2. The van der Waals surface area contributed by atoms with E-state index in [1.54, 1.807) is 11.3 Å². The second-order valence-corrected chi connectivity index (χ2v) is 7.72. The van der Waals surface area contributed by atoms with Crippen LogP contribution in [0.3, 0.4) is 0 Å². The molecule has 6 heteroatoms. The summed E-state index contributed by atoms with van der Waals surface area (Å²) in [5.41, 5.74) is 5.80. The molecule has 0 aliphatic rings. The number of carbonyl (C=O) groups is 1. The molecule has 0 bridgehead atoms. The van der Waals surface area contributed by atoms with Gasteiger partial charge in [-0.05, 0) is 24.1 Å². The van der Waals surface area contributed by atoms with Crippen molar-refractivity contribution in [2.45, 2.75) is 24.1 Å². The van der Waals surface area contributed by atoms with Crippen molar-refractivity contribution < 1.29 is 4.79 Å². The van der Waals surface area contributed by atoms with E-state index in [0.717, 1.165) is 33.1 Å². The van der Waals surface area contributed by atoms with Gasteiger partial charge in [0.05, 0.1) is 16.0 Å². The Bertz CT molecular complexity index is 842. The van der Waals surface area contributed by atoms with Crippen LogP contribution < -0.4 is 5.43 Å². The van der Waals surface area contributed by atoms with E-state index in [9.17, 15) is 4.79 Å². The Morgan fingerprint density at radius 3 is 2.68 bits per heavy atom. The van der Waals surface area contributed by atoms with Crippen LogP contribution in [-0.2, 0) is 11.2 Å². The third kappa shape index (κ3) is 5.14. The first-order valence-corrected chi connectivity index (χ1v) is 9.91. The molecule has 0 aliphatic carbocycles. The summed E-state index contributed by atoms with van der Waals surface area (Å²) in [5, 5.41) is 4.28. The number of carbonyl (C=O) groups excluding carboxylic acids is 1. The van der Waals surface area contributed by atoms with Crippen LogP contribution in [0, 0.1) is 0 Å². The largest absolute Gasteiger partial charge is 0.272 e. The molecule has 1 heterocycles. The second kappa shape index (κ2) is 8.78. The van der Waals surface area contributed by atoms with Crippen LogP contribution in [-0.4, -0.2) is 22.4 Å². The minimum atomic E-state index is -0.108. The Morgan fingerprint density at radius 2 is 1.92 bits per heavy atom. The predicted octanol–water partition coefficient (Wildman–Crippen LogP) is 4.51. The third-order valence-corrected chi connectivity index (χ3v) is 5.78. The predicted molar refractivity (Wildman–Crippen MR) is 106 cm³/mol. The minimum Gasteiger partial charge on any atom is -0.272 e. The molecule has 128 valence electrons. The van der Waals surface area contributed by atoms with Crippen LogP contribution in [0.25, 0.3) is 10.2 Å². The lowest BCUT2D eigenvalue weighted by molar-refractivity contribution is -0.118. The van der Waals surface area contributed by atoms with Crippen molar-refractivity contribution >= 4 is 44.9 Å². The van der Waals surface area contributed by atoms with Crippen molar-refractivity contribution in [1.82, 2.24) is 10.4 Å². The van der Waals surface area contributed by atoms with E-state index in [4.69, 9.17) is 0 Å². The van der Waals surface area contributed by atoms with Crippen molar-refractivity contribution in [3.8, 4) is 0 Å². The zero-order valence-electron chi connectivity index (χ0n) is 13.9.